The quantitative estimate of drug-likeness (QED) is 0.579. The lowest BCUT2D eigenvalue weighted by atomic mass is 10.0. The minimum Gasteiger partial charge on any atom is -0.360 e. The fourth-order valence-corrected chi connectivity index (χ4v) is 3.67. The zero-order chi connectivity index (χ0) is 18.7. The predicted octanol–water partition coefficient (Wildman–Crippen LogP) is 6.02. The minimum atomic E-state index is 0.533. The Kier molecular flexibility index (Phi) is 5.20. The van der Waals surface area contributed by atoms with Crippen molar-refractivity contribution in [3.05, 3.63) is 75.2 Å². The Labute approximate surface area is 158 Å². The molecule has 0 atom stereocenters. The molecule has 1 N–H and O–H groups in total. The maximum atomic E-state index is 9.55. The normalized spacial score (nSPS) is 11.3. The molecule has 0 amide bonds. The summed E-state index contributed by atoms with van der Waals surface area (Å²) in [6.07, 6.45) is 1.74. The van der Waals surface area contributed by atoms with Crippen LogP contribution in [0.2, 0.25) is 0 Å². The van der Waals surface area contributed by atoms with Gasteiger partial charge in [0.2, 0.25) is 0 Å². The van der Waals surface area contributed by atoms with E-state index in [4.69, 9.17) is 0 Å². The first-order valence-corrected chi connectivity index (χ1v) is 9.33. The highest BCUT2D eigenvalue weighted by Gasteiger charge is 2.11. The van der Waals surface area contributed by atoms with Crippen LogP contribution in [0, 0.1) is 39.0 Å². The molecule has 0 saturated carbocycles. The van der Waals surface area contributed by atoms with E-state index in [9.17, 15) is 5.26 Å². The van der Waals surface area contributed by atoms with Crippen molar-refractivity contribution in [1.29, 1.82) is 5.26 Å². The van der Waals surface area contributed by atoms with E-state index >= 15 is 0 Å². The van der Waals surface area contributed by atoms with Crippen molar-refractivity contribution < 1.29 is 0 Å². The topological polar surface area (TPSA) is 48.7 Å². The van der Waals surface area contributed by atoms with E-state index in [1.54, 1.807) is 6.20 Å². The van der Waals surface area contributed by atoms with Gasteiger partial charge in [-0.05, 0) is 44.9 Å². The molecule has 0 unspecified atom stereocenters. The molecule has 0 spiro atoms. The average molecular weight is 359 g/mol. The summed E-state index contributed by atoms with van der Waals surface area (Å²) in [5.41, 5.74) is 8.34. The predicted molar refractivity (Wildman–Crippen MR) is 110 cm³/mol. The third kappa shape index (κ3) is 3.84. The number of nitrogens with one attached hydrogen (secondary N) is 1. The lowest BCUT2D eigenvalue weighted by Gasteiger charge is -2.06. The molecular weight excluding hydrogens is 338 g/mol. The number of aryl methyl sites for hydroxylation is 4. The largest absolute Gasteiger partial charge is 0.360 e. The maximum Gasteiger partial charge on any atom is 0.136 e. The molecule has 0 saturated heterocycles. The van der Waals surface area contributed by atoms with Gasteiger partial charge in [0.15, 0.2) is 0 Å². The molecule has 0 aliphatic heterocycles. The molecule has 2 aromatic carbocycles. The first kappa shape index (κ1) is 17.9. The summed E-state index contributed by atoms with van der Waals surface area (Å²) in [5, 5.41) is 15.5. The number of anilines is 1. The molecular formula is C22H21N3S. The van der Waals surface area contributed by atoms with Crippen molar-refractivity contribution >= 4 is 22.6 Å². The molecule has 0 aliphatic rings. The van der Waals surface area contributed by atoms with E-state index in [0.29, 0.717) is 5.57 Å². The van der Waals surface area contributed by atoms with Crippen LogP contribution in [0.3, 0.4) is 0 Å². The molecule has 26 heavy (non-hydrogen) atoms. The minimum absolute atomic E-state index is 0.533. The molecule has 4 heteroatoms. The second kappa shape index (κ2) is 7.55. The van der Waals surface area contributed by atoms with Gasteiger partial charge in [-0.1, -0.05) is 41.5 Å². The number of hydrogen-bond donors (Lipinski definition) is 1. The zero-order valence-electron chi connectivity index (χ0n) is 15.4. The van der Waals surface area contributed by atoms with Crippen LogP contribution < -0.4 is 5.32 Å². The van der Waals surface area contributed by atoms with Gasteiger partial charge in [-0.2, -0.15) is 5.26 Å². The van der Waals surface area contributed by atoms with Crippen molar-refractivity contribution in [3.63, 3.8) is 0 Å². The Bertz CT molecular complexity index is 1020. The molecule has 130 valence electrons. The third-order valence-corrected chi connectivity index (χ3v) is 5.14. The SMILES string of the molecule is Cc1ccc(N/C=C(\C#N)c2nc(-c3ccc(C)cc3C)cs2)c(C)c1. The summed E-state index contributed by atoms with van der Waals surface area (Å²) < 4.78 is 0. The smallest absolute Gasteiger partial charge is 0.136 e. The van der Waals surface area contributed by atoms with Gasteiger partial charge < -0.3 is 5.32 Å². The van der Waals surface area contributed by atoms with Crippen LogP contribution in [0.15, 0.2) is 48.0 Å². The molecule has 3 rings (SSSR count). The Morgan fingerprint density at radius 2 is 1.73 bits per heavy atom. The summed E-state index contributed by atoms with van der Waals surface area (Å²) >= 11 is 1.49. The van der Waals surface area contributed by atoms with Crippen LogP contribution in [0.5, 0.6) is 0 Å². The summed E-state index contributed by atoms with van der Waals surface area (Å²) in [5.74, 6) is 0. The fraction of sp³-hybridized carbons (Fsp3) is 0.182. The standard InChI is InChI=1S/C22H21N3S/c1-14-5-7-19(16(3)9-14)21-13-26-22(25-21)18(11-23)12-24-20-8-6-15(2)10-17(20)4/h5-10,12-13,24H,1-4H3/b18-12+. The average Bonchev–Trinajstić information content (AvgIpc) is 3.06. The van der Waals surface area contributed by atoms with Gasteiger partial charge in [0.25, 0.3) is 0 Å². The van der Waals surface area contributed by atoms with E-state index in [1.165, 1.54) is 28.0 Å². The second-order valence-corrected chi connectivity index (χ2v) is 7.35. The number of rotatable bonds is 4. The first-order valence-electron chi connectivity index (χ1n) is 8.45. The highest BCUT2D eigenvalue weighted by atomic mass is 32.1. The van der Waals surface area contributed by atoms with Crippen molar-refractivity contribution in [1.82, 2.24) is 4.98 Å². The van der Waals surface area contributed by atoms with Crippen molar-refractivity contribution in [2.45, 2.75) is 27.7 Å². The van der Waals surface area contributed by atoms with Crippen molar-refractivity contribution in [2.75, 3.05) is 5.32 Å². The van der Waals surface area contributed by atoms with Crippen LogP contribution in [-0.4, -0.2) is 4.98 Å². The second-order valence-electron chi connectivity index (χ2n) is 6.49. The number of allylic oxidation sites excluding steroid dienone is 1. The summed E-state index contributed by atoms with van der Waals surface area (Å²) in [6.45, 7) is 8.29. The monoisotopic (exact) mass is 359 g/mol. The first-order chi connectivity index (χ1) is 12.5. The van der Waals surface area contributed by atoms with E-state index in [0.717, 1.165) is 27.5 Å². The molecule has 3 aromatic rings. The van der Waals surface area contributed by atoms with Gasteiger partial charge >= 0.3 is 0 Å². The van der Waals surface area contributed by atoms with Crippen molar-refractivity contribution in [2.24, 2.45) is 0 Å². The number of aromatic nitrogens is 1. The molecule has 0 aliphatic carbocycles. The third-order valence-electron chi connectivity index (χ3n) is 4.27. The van der Waals surface area contributed by atoms with Gasteiger partial charge in [-0.3, -0.25) is 0 Å². The van der Waals surface area contributed by atoms with Gasteiger partial charge in [0.05, 0.1) is 5.69 Å². The van der Waals surface area contributed by atoms with Gasteiger partial charge in [-0.15, -0.1) is 11.3 Å². The molecule has 0 radical (unpaired) electrons. The number of nitriles is 1. The van der Waals surface area contributed by atoms with Crippen LogP contribution in [0.1, 0.15) is 27.3 Å². The lowest BCUT2D eigenvalue weighted by Crippen LogP contribution is -1.94. The van der Waals surface area contributed by atoms with Crippen LogP contribution in [0.25, 0.3) is 16.8 Å². The number of thiazole rings is 1. The highest BCUT2D eigenvalue weighted by Crippen LogP contribution is 2.29. The van der Waals surface area contributed by atoms with Crippen LogP contribution >= 0.6 is 11.3 Å². The number of nitrogens with zero attached hydrogens (tertiary/aromatic N) is 2. The Hall–Kier alpha value is -2.90. The van der Waals surface area contributed by atoms with Crippen LogP contribution in [0.4, 0.5) is 5.69 Å². The van der Waals surface area contributed by atoms with Gasteiger partial charge in [-0.25, -0.2) is 4.98 Å². The Morgan fingerprint density at radius 3 is 2.38 bits per heavy atom. The number of hydrogen-bond acceptors (Lipinski definition) is 4. The Morgan fingerprint density at radius 1 is 1.04 bits per heavy atom. The lowest BCUT2D eigenvalue weighted by molar-refractivity contribution is 1.32. The molecule has 1 heterocycles. The van der Waals surface area contributed by atoms with E-state index < -0.39 is 0 Å². The maximum absolute atomic E-state index is 9.55. The summed E-state index contributed by atoms with van der Waals surface area (Å²) in [6, 6.07) is 14.8. The zero-order valence-corrected chi connectivity index (χ0v) is 16.2. The Balaban J connectivity index is 1.87. The van der Waals surface area contributed by atoms with Crippen molar-refractivity contribution in [3.8, 4) is 17.3 Å². The highest BCUT2D eigenvalue weighted by molar-refractivity contribution is 7.11. The summed E-state index contributed by atoms with van der Waals surface area (Å²) in [7, 11) is 0. The van der Waals surface area contributed by atoms with Gasteiger partial charge in [0, 0.05) is 22.8 Å². The molecule has 3 nitrogen and oxygen atoms in total. The number of benzene rings is 2. The fourth-order valence-electron chi connectivity index (χ4n) is 2.89. The molecule has 1 aromatic heterocycles. The summed E-state index contributed by atoms with van der Waals surface area (Å²) in [4.78, 5) is 4.68. The van der Waals surface area contributed by atoms with Gasteiger partial charge in [0.1, 0.15) is 16.6 Å². The van der Waals surface area contributed by atoms with E-state index in [2.05, 4.69) is 74.4 Å². The van der Waals surface area contributed by atoms with E-state index in [1.807, 2.05) is 11.4 Å². The molecule has 0 fully saturated rings. The molecule has 0 bridgehead atoms. The van der Waals surface area contributed by atoms with E-state index in [-0.39, 0.29) is 0 Å². The van der Waals surface area contributed by atoms with Crippen LogP contribution in [-0.2, 0) is 0 Å².